The summed E-state index contributed by atoms with van der Waals surface area (Å²) in [6, 6.07) is 45.7. The third kappa shape index (κ3) is 4.26. The largest absolute Gasteiger partial charge is 0.461 e. The average molecular weight is 829 g/mol. The van der Waals surface area contributed by atoms with Crippen LogP contribution in [0.15, 0.2) is 173 Å². The number of rotatable bonds is 2. The van der Waals surface area contributed by atoms with Crippen molar-refractivity contribution in [3.05, 3.63) is 176 Å². The number of furan rings is 2. The first-order valence-electron chi connectivity index (χ1n) is 17.4. The van der Waals surface area contributed by atoms with Crippen molar-refractivity contribution in [2.75, 3.05) is 0 Å². The normalized spacial score (nSPS) is 12.0. The van der Waals surface area contributed by atoms with Gasteiger partial charge < -0.3 is 8.83 Å². The van der Waals surface area contributed by atoms with Crippen molar-refractivity contribution in [3.63, 3.8) is 0 Å². The fourth-order valence-corrected chi connectivity index (χ4v) is 9.34. The molecule has 8 heteroatoms. The molecule has 12 aromatic rings. The van der Waals surface area contributed by atoms with Crippen LogP contribution >= 0.6 is 31.9 Å². The van der Waals surface area contributed by atoms with E-state index in [9.17, 15) is 9.59 Å². The lowest BCUT2D eigenvalue weighted by atomic mass is 10.0. The van der Waals surface area contributed by atoms with Gasteiger partial charge in [-0.05, 0) is 51.0 Å². The summed E-state index contributed by atoms with van der Waals surface area (Å²) >= 11 is 7.24. The minimum Gasteiger partial charge on any atom is -0.461 e. The van der Waals surface area contributed by atoms with Crippen molar-refractivity contribution >= 4 is 108 Å². The fourth-order valence-electron chi connectivity index (χ4n) is 8.32. The summed E-state index contributed by atoms with van der Waals surface area (Å²) in [5.74, 6) is 1.42. The number of hydrogen-bond donors (Lipinski definition) is 0. The first kappa shape index (κ1) is 31.3. The first-order chi connectivity index (χ1) is 26.5. The molecule has 0 aliphatic rings. The van der Waals surface area contributed by atoms with E-state index in [1.807, 2.05) is 130 Å². The molecule has 6 nitrogen and oxygen atoms in total. The van der Waals surface area contributed by atoms with Gasteiger partial charge in [0, 0.05) is 53.3 Å². The number of pyridine rings is 2. The Morgan fingerprint density at radius 3 is 1.56 bits per heavy atom. The monoisotopic (exact) mass is 826 g/mol. The highest BCUT2D eigenvalue weighted by Gasteiger charge is 2.26. The van der Waals surface area contributed by atoms with E-state index in [1.54, 1.807) is 6.26 Å². The molecule has 0 fully saturated rings. The van der Waals surface area contributed by atoms with Gasteiger partial charge in [-0.3, -0.25) is 18.4 Å². The third-order valence-electron chi connectivity index (χ3n) is 10.5. The lowest BCUT2D eigenvalue weighted by molar-refractivity contribution is 0.560. The topological polar surface area (TPSA) is 69.2 Å². The van der Waals surface area contributed by atoms with Gasteiger partial charge in [0.15, 0.2) is 16.2 Å². The van der Waals surface area contributed by atoms with Gasteiger partial charge in [-0.15, -0.1) is 0 Å². The summed E-state index contributed by atoms with van der Waals surface area (Å²) in [5.41, 5.74) is 5.40. The van der Waals surface area contributed by atoms with E-state index in [0.29, 0.717) is 15.8 Å². The first-order valence-corrected chi connectivity index (χ1v) is 19.0. The Balaban J connectivity index is 0.000000127. The highest BCUT2D eigenvalue weighted by molar-refractivity contribution is 9.10. The van der Waals surface area contributed by atoms with Crippen LogP contribution in [0.3, 0.4) is 0 Å². The Labute approximate surface area is 322 Å². The van der Waals surface area contributed by atoms with Crippen molar-refractivity contribution in [1.82, 2.24) is 8.80 Å². The molecule has 0 aliphatic carbocycles. The van der Waals surface area contributed by atoms with Gasteiger partial charge in [0.05, 0.1) is 16.4 Å². The van der Waals surface area contributed by atoms with E-state index in [1.165, 1.54) is 0 Å². The van der Waals surface area contributed by atoms with Crippen LogP contribution < -0.4 is 11.1 Å². The van der Waals surface area contributed by atoms with Crippen molar-refractivity contribution in [3.8, 4) is 22.6 Å². The van der Waals surface area contributed by atoms with Gasteiger partial charge in [-0.1, -0.05) is 131 Å². The van der Waals surface area contributed by atoms with Crippen LogP contribution in [0.4, 0.5) is 0 Å². The van der Waals surface area contributed by atoms with Crippen LogP contribution in [-0.2, 0) is 0 Å². The number of aromatic nitrogens is 2. The molecule has 54 heavy (non-hydrogen) atoms. The van der Waals surface area contributed by atoms with Crippen LogP contribution in [0, 0.1) is 0 Å². The SMILES string of the molecule is O=c1c2ccccc2c2cc(Br)cc3c4c(Br)oc(-c5ccccc5)c4n1c23.O=c1c2ccccc2c2cccc3c4coc(-c5ccccc5)c4n1c23. The molecular formula is C46H24Br2N2O4. The lowest BCUT2D eigenvalue weighted by Crippen LogP contribution is -2.13. The van der Waals surface area contributed by atoms with Gasteiger partial charge in [0.1, 0.15) is 17.3 Å². The zero-order valence-corrected chi connectivity index (χ0v) is 31.3. The highest BCUT2D eigenvalue weighted by Crippen LogP contribution is 2.45. The quantitative estimate of drug-likeness (QED) is 0.163. The molecule has 0 aliphatic heterocycles. The average Bonchev–Trinajstić information content (AvgIpc) is 3.97. The molecular weight excluding hydrogens is 804 g/mol. The number of nitrogens with zero attached hydrogens (tertiary/aromatic N) is 2. The Hall–Kier alpha value is -6.22. The van der Waals surface area contributed by atoms with E-state index in [2.05, 4.69) is 50.1 Å². The maximum absolute atomic E-state index is 13.5. The second-order valence-corrected chi connectivity index (χ2v) is 15.0. The van der Waals surface area contributed by atoms with Crippen molar-refractivity contribution in [2.45, 2.75) is 0 Å². The van der Waals surface area contributed by atoms with Crippen molar-refractivity contribution in [2.24, 2.45) is 0 Å². The van der Waals surface area contributed by atoms with E-state index < -0.39 is 0 Å². The van der Waals surface area contributed by atoms with E-state index in [-0.39, 0.29) is 11.1 Å². The lowest BCUT2D eigenvalue weighted by Gasteiger charge is -2.07. The van der Waals surface area contributed by atoms with Crippen LogP contribution in [-0.4, -0.2) is 8.80 Å². The maximum atomic E-state index is 13.5. The van der Waals surface area contributed by atoms with Crippen molar-refractivity contribution < 1.29 is 8.83 Å². The van der Waals surface area contributed by atoms with Gasteiger partial charge in [-0.25, -0.2) is 0 Å². The zero-order valence-electron chi connectivity index (χ0n) is 28.1. The van der Waals surface area contributed by atoms with E-state index >= 15 is 0 Å². The molecule has 0 spiro atoms. The molecule has 0 saturated carbocycles. The Morgan fingerprint density at radius 2 is 0.907 bits per heavy atom. The minimum atomic E-state index is -0.0316. The van der Waals surface area contributed by atoms with Gasteiger partial charge >= 0.3 is 0 Å². The maximum Gasteiger partial charge on any atom is 0.263 e. The second kappa shape index (κ2) is 11.6. The second-order valence-electron chi connectivity index (χ2n) is 13.4. The molecule has 0 N–H and O–H groups in total. The predicted octanol–water partition coefficient (Wildman–Crippen LogP) is 12.4. The Bertz CT molecular complexity index is 3560. The molecule has 12 rings (SSSR count). The molecule has 0 atom stereocenters. The van der Waals surface area contributed by atoms with Gasteiger partial charge in [-0.2, -0.15) is 0 Å². The summed E-state index contributed by atoms with van der Waals surface area (Å²) in [4.78, 5) is 26.9. The molecule has 0 bridgehead atoms. The fraction of sp³-hybridized carbons (Fsp3) is 0. The van der Waals surface area contributed by atoms with Crippen LogP contribution in [0.1, 0.15) is 0 Å². The van der Waals surface area contributed by atoms with Crippen LogP contribution in [0.5, 0.6) is 0 Å². The van der Waals surface area contributed by atoms with Crippen molar-refractivity contribution in [1.29, 1.82) is 0 Å². The summed E-state index contributed by atoms with van der Waals surface area (Å²) < 4.78 is 17.3. The summed E-state index contributed by atoms with van der Waals surface area (Å²) in [5, 5.41) is 9.43. The Morgan fingerprint density at radius 1 is 0.426 bits per heavy atom. The van der Waals surface area contributed by atoms with Gasteiger partial charge in [0.2, 0.25) is 0 Å². The number of halogens is 2. The molecule has 0 saturated heterocycles. The predicted molar refractivity (Wildman–Crippen MR) is 226 cm³/mol. The molecule has 0 unspecified atom stereocenters. The third-order valence-corrected chi connectivity index (χ3v) is 11.6. The van der Waals surface area contributed by atoms with Crippen LogP contribution in [0.2, 0.25) is 0 Å². The zero-order chi connectivity index (χ0) is 36.2. The van der Waals surface area contributed by atoms with E-state index in [0.717, 1.165) is 91.9 Å². The molecule has 0 radical (unpaired) electrons. The van der Waals surface area contributed by atoms with E-state index in [4.69, 9.17) is 8.83 Å². The molecule has 6 aromatic carbocycles. The number of fused-ring (bicyclic) bond motifs is 10. The summed E-state index contributed by atoms with van der Waals surface area (Å²) in [6.45, 7) is 0. The molecule has 256 valence electrons. The summed E-state index contributed by atoms with van der Waals surface area (Å²) in [6.07, 6.45) is 1.77. The number of benzene rings is 6. The smallest absolute Gasteiger partial charge is 0.263 e. The standard InChI is InChI=1S/C23H11Br2NO2.C23H13NO2/c24-13-10-16-14-8-4-5-9-15(14)23(27)26-19(16)17(11-13)18-20(26)21(28-22(18)25)12-6-2-1-3-7-12;25-23-18-10-5-4-9-15(18)16-11-6-12-17-19-13-26-22(14-7-2-1-3-8-14)21(19)24(23)20(16)17/h1-11H;1-13H. The number of hydrogen-bond acceptors (Lipinski definition) is 4. The van der Waals surface area contributed by atoms with Crippen LogP contribution in [0.25, 0.3) is 98.6 Å². The Kier molecular flexibility index (Phi) is 6.75. The van der Waals surface area contributed by atoms with Gasteiger partial charge in [0.25, 0.3) is 11.1 Å². The summed E-state index contributed by atoms with van der Waals surface area (Å²) in [7, 11) is 0. The molecule has 6 heterocycles. The minimum absolute atomic E-state index is 0.00196. The molecule has 6 aromatic heterocycles. The molecule has 0 amide bonds. The number of para-hydroxylation sites is 1. The highest BCUT2D eigenvalue weighted by atomic mass is 79.9.